The van der Waals surface area contributed by atoms with E-state index in [2.05, 4.69) is 9.79 Å². The first-order valence-electron chi connectivity index (χ1n) is 8.01. The highest BCUT2D eigenvalue weighted by Crippen LogP contribution is 2.14. The van der Waals surface area contributed by atoms with Gasteiger partial charge in [0.15, 0.2) is 0 Å². The molecule has 1 fully saturated rings. The van der Waals surface area contributed by atoms with Gasteiger partial charge < -0.3 is 9.26 Å². The van der Waals surface area contributed by atoms with Crippen LogP contribution >= 0.6 is 0 Å². The van der Waals surface area contributed by atoms with Gasteiger partial charge in [-0.1, -0.05) is 11.7 Å². The van der Waals surface area contributed by atoms with Gasteiger partial charge in [0.2, 0.25) is 5.78 Å². The van der Waals surface area contributed by atoms with Gasteiger partial charge in [-0.15, -0.1) is 0 Å². The maximum absolute atomic E-state index is 12.6. The summed E-state index contributed by atoms with van der Waals surface area (Å²) >= 11 is 0. The quantitative estimate of drug-likeness (QED) is 0.294. The average Bonchev–Trinajstić information content (AvgIpc) is 3.06. The first-order chi connectivity index (χ1) is 12.2. The Labute approximate surface area is 150 Å². The lowest BCUT2D eigenvalue weighted by Gasteiger charge is -2.40. The van der Waals surface area contributed by atoms with Crippen LogP contribution in [-0.4, -0.2) is 74.7 Å². The zero-order valence-electron chi connectivity index (χ0n) is 14.8. The third-order valence-electron chi connectivity index (χ3n) is 3.98. The van der Waals surface area contributed by atoms with Crippen LogP contribution in [0.4, 0.5) is 0 Å². The van der Waals surface area contributed by atoms with E-state index >= 15 is 0 Å². The summed E-state index contributed by atoms with van der Waals surface area (Å²) < 4.78 is 36.8. The smallest absolute Gasteiger partial charge is 0.375 e. The largest absolute Gasteiger partial charge is 0.460 e. The van der Waals surface area contributed by atoms with Crippen molar-refractivity contribution in [3.05, 3.63) is 11.8 Å². The van der Waals surface area contributed by atoms with E-state index in [1.807, 2.05) is 0 Å². The predicted octanol–water partition coefficient (Wildman–Crippen LogP) is -3.05. The summed E-state index contributed by atoms with van der Waals surface area (Å²) in [5.74, 6) is -1.95. The van der Waals surface area contributed by atoms with Crippen LogP contribution in [0.2, 0.25) is 0 Å². The van der Waals surface area contributed by atoms with Crippen molar-refractivity contribution in [3.8, 4) is 0 Å². The van der Waals surface area contributed by atoms with E-state index in [1.54, 1.807) is 13.8 Å². The summed E-state index contributed by atoms with van der Waals surface area (Å²) in [6.45, 7) is 3.43. The van der Waals surface area contributed by atoms with Crippen molar-refractivity contribution in [2.75, 3.05) is 44.8 Å². The molecule has 1 aromatic rings. The van der Waals surface area contributed by atoms with Gasteiger partial charge in [0.05, 0.1) is 12.6 Å². The van der Waals surface area contributed by atoms with Crippen LogP contribution in [0.3, 0.4) is 0 Å². The number of carbonyl (C=O) groups is 2. The Bertz CT molecular complexity index is 817. The molecule has 2 rings (SSSR count). The molecule has 0 spiro atoms. The fourth-order valence-electron chi connectivity index (χ4n) is 2.48. The van der Waals surface area contributed by atoms with Crippen molar-refractivity contribution in [2.24, 2.45) is 0 Å². The molecule has 146 valence electrons. The minimum Gasteiger partial charge on any atom is -0.460 e. The van der Waals surface area contributed by atoms with E-state index < -0.39 is 28.0 Å². The maximum atomic E-state index is 12.6. The summed E-state index contributed by atoms with van der Waals surface area (Å²) in [6, 6.07) is -1.16. The summed E-state index contributed by atoms with van der Waals surface area (Å²) in [7, 11) is -2.34. The molecule has 1 aliphatic heterocycles. The maximum Gasteiger partial charge on any atom is 0.375 e. The Kier molecular flexibility index (Phi) is 6.15. The van der Waals surface area contributed by atoms with Gasteiger partial charge in [-0.05, 0) is 12.2 Å². The van der Waals surface area contributed by atoms with Crippen LogP contribution in [0, 0.1) is 5.41 Å². The topological polar surface area (TPSA) is 142 Å². The molecule has 0 aliphatic carbocycles. The third kappa shape index (κ3) is 3.94. The molecule has 1 aromatic heterocycles. The van der Waals surface area contributed by atoms with Crippen LogP contribution in [0.25, 0.3) is 0 Å². The number of hydrogen-bond acceptors (Lipinski definition) is 8. The van der Waals surface area contributed by atoms with E-state index in [-0.39, 0.29) is 38.3 Å². The number of nitrogens with zero attached hydrogens (tertiary/aromatic N) is 5. The fourth-order valence-corrected chi connectivity index (χ4v) is 3.84. The monoisotopic (exact) mass is 390 g/mol. The molecule has 1 aliphatic rings. The van der Waals surface area contributed by atoms with Crippen LogP contribution in [0.1, 0.15) is 13.8 Å². The number of ether oxygens (including phenoxy) is 1. The second kappa shape index (κ2) is 7.97. The summed E-state index contributed by atoms with van der Waals surface area (Å²) in [5, 5.41) is 12.4. The Balaban J connectivity index is 2.34. The van der Waals surface area contributed by atoms with E-state index in [1.165, 1.54) is 18.3 Å². The molecule has 12 nitrogen and oxygen atoms in total. The molecular weight excluding hydrogens is 368 g/mol. The minimum absolute atomic E-state index is 0.0197. The number of Topliss-reactive ketones (excluding diaryl/α,β-unsaturated/α-hetero) is 1. The molecule has 0 aromatic carbocycles. The van der Waals surface area contributed by atoms with Gasteiger partial charge in [0.1, 0.15) is 0 Å². The fraction of sp³-hybridized carbons (Fsp3) is 0.692. The van der Waals surface area contributed by atoms with Crippen LogP contribution in [0.15, 0.2) is 10.7 Å². The van der Waals surface area contributed by atoms with Crippen molar-refractivity contribution in [2.45, 2.75) is 19.9 Å². The number of hydrogen-bond donors (Lipinski definition) is 1. The van der Waals surface area contributed by atoms with Gasteiger partial charge in [0, 0.05) is 33.2 Å². The van der Waals surface area contributed by atoms with E-state index in [0.29, 0.717) is 0 Å². The molecule has 1 unspecified atom stereocenters. The highest BCUT2D eigenvalue weighted by molar-refractivity contribution is 7.86. The lowest BCUT2D eigenvalue weighted by molar-refractivity contribution is -0.766. The van der Waals surface area contributed by atoms with Gasteiger partial charge in [0.25, 0.3) is 22.0 Å². The van der Waals surface area contributed by atoms with E-state index in [9.17, 15) is 18.0 Å². The molecule has 0 bridgehead atoms. The third-order valence-corrected chi connectivity index (χ3v) is 6.01. The van der Waals surface area contributed by atoms with Crippen LogP contribution in [0.5, 0.6) is 0 Å². The number of rotatable bonds is 7. The van der Waals surface area contributed by atoms with Crippen molar-refractivity contribution >= 4 is 22.0 Å². The molecular formula is C13H22N6O6S. The highest BCUT2D eigenvalue weighted by Gasteiger charge is 2.41. The van der Waals surface area contributed by atoms with Crippen molar-refractivity contribution in [1.82, 2.24) is 13.9 Å². The predicted molar refractivity (Wildman–Crippen MR) is 85.4 cm³/mol. The Morgan fingerprint density at radius 3 is 2.69 bits per heavy atom. The number of piperazine rings is 1. The van der Waals surface area contributed by atoms with Crippen LogP contribution in [-0.2, 0) is 24.5 Å². The number of esters is 1. The minimum atomic E-state index is -3.77. The molecule has 0 radical (unpaired) electrons. The highest BCUT2D eigenvalue weighted by atomic mass is 32.2. The first kappa shape index (κ1) is 20.1. The van der Waals surface area contributed by atoms with Gasteiger partial charge >= 0.3 is 5.97 Å². The van der Waals surface area contributed by atoms with Gasteiger partial charge in [-0.25, -0.2) is 4.79 Å². The molecule has 1 saturated heterocycles. The van der Waals surface area contributed by atoms with Crippen LogP contribution < -0.4 is 20.6 Å². The molecule has 0 saturated carbocycles. The summed E-state index contributed by atoms with van der Waals surface area (Å²) in [6.07, 6.45) is 1.22. The van der Waals surface area contributed by atoms with Crippen molar-refractivity contribution in [1.29, 1.82) is 5.41 Å². The SMILES string of the molecule is CCOC(=O)C(=O)C1CN(S(=O)(=O)N(C)CC)CCN1[n+]1cc(=N)o[n-]1. The zero-order valence-corrected chi connectivity index (χ0v) is 15.6. The average molecular weight is 390 g/mol. The molecule has 2 heterocycles. The Hall–Kier alpha value is -2.25. The Morgan fingerprint density at radius 2 is 2.15 bits per heavy atom. The second-order valence-electron chi connectivity index (χ2n) is 5.53. The van der Waals surface area contributed by atoms with E-state index in [0.717, 1.165) is 13.4 Å². The molecule has 0 amide bonds. The standard InChI is InChI=1S/C13H22N6O6S/c1-4-16(3)26(22,23)17-6-7-18(19-9-11(14)25-15-19)10(8-17)12(20)13(21)24-5-2/h9-10,14H,4-8H2,1-3H3. The lowest BCUT2D eigenvalue weighted by Crippen LogP contribution is -2.74. The number of aromatic nitrogens is 2. The normalized spacial score (nSPS) is 18.9. The number of carbonyl (C=O) groups excluding carboxylic acids is 2. The zero-order chi connectivity index (χ0) is 19.5. The van der Waals surface area contributed by atoms with Crippen molar-refractivity contribution in [3.63, 3.8) is 0 Å². The Morgan fingerprint density at radius 1 is 1.46 bits per heavy atom. The molecule has 13 heteroatoms. The molecule has 1 N–H and O–H groups in total. The summed E-state index contributed by atoms with van der Waals surface area (Å²) in [4.78, 5) is 25.5. The lowest BCUT2D eigenvalue weighted by atomic mass is 10.1. The number of ketones is 1. The van der Waals surface area contributed by atoms with E-state index in [4.69, 9.17) is 10.1 Å². The first-order valence-corrected chi connectivity index (χ1v) is 9.41. The number of nitrogens with one attached hydrogen (secondary N) is 1. The van der Waals surface area contributed by atoms with Gasteiger partial charge in [-0.2, -0.15) is 17.0 Å². The van der Waals surface area contributed by atoms with Gasteiger partial charge in [-0.3, -0.25) is 15.2 Å². The second-order valence-corrected chi connectivity index (χ2v) is 7.57. The molecule has 26 heavy (non-hydrogen) atoms. The molecule has 1 atom stereocenters. The van der Waals surface area contributed by atoms with Crippen molar-refractivity contribution < 1.29 is 32.1 Å². The summed E-state index contributed by atoms with van der Waals surface area (Å²) in [5.41, 5.74) is -0.242.